The van der Waals surface area contributed by atoms with Gasteiger partial charge in [0.05, 0.1) is 0 Å². The van der Waals surface area contributed by atoms with Crippen LogP contribution < -0.4 is 5.32 Å². The van der Waals surface area contributed by atoms with Gasteiger partial charge in [-0.1, -0.05) is 52.9 Å². The lowest BCUT2D eigenvalue weighted by molar-refractivity contribution is 0.0967. The molecule has 0 aromatic rings. The Hall–Kier alpha value is -0.0400. The van der Waals surface area contributed by atoms with Gasteiger partial charge in [-0.25, -0.2) is 0 Å². The van der Waals surface area contributed by atoms with E-state index >= 15 is 0 Å². The minimum atomic E-state index is 0.554. The second-order valence-corrected chi connectivity index (χ2v) is 6.23. The topological polar surface area (TPSA) is 12.0 Å². The summed E-state index contributed by atoms with van der Waals surface area (Å²) in [4.78, 5) is 0. The van der Waals surface area contributed by atoms with E-state index in [2.05, 4.69) is 33.1 Å². The standard InChI is InChI=1S/C15H31N/c1-5-6-7-11-14(16-4)13-10-8-9-12-15(13,2)3/h13-14,16H,5-12H2,1-4H3. The molecule has 0 heterocycles. The molecule has 0 saturated heterocycles. The first-order valence-corrected chi connectivity index (χ1v) is 7.29. The molecule has 1 N–H and O–H groups in total. The van der Waals surface area contributed by atoms with Crippen LogP contribution in [0.5, 0.6) is 0 Å². The largest absolute Gasteiger partial charge is 0.317 e. The summed E-state index contributed by atoms with van der Waals surface area (Å²) < 4.78 is 0. The van der Waals surface area contributed by atoms with Gasteiger partial charge < -0.3 is 5.32 Å². The first-order valence-electron chi connectivity index (χ1n) is 7.29. The molecule has 1 heteroatoms. The Morgan fingerprint density at radius 1 is 1.25 bits per heavy atom. The van der Waals surface area contributed by atoms with E-state index < -0.39 is 0 Å². The van der Waals surface area contributed by atoms with Gasteiger partial charge in [0.15, 0.2) is 0 Å². The molecule has 2 atom stereocenters. The van der Waals surface area contributed by atoms with Crippen molar-refractivity contribution in [2.45, 2.75) is 78.2 Å². The first-order chi connectivity index (χ1) is 7.61. The molecule has 0 amide bonds. The maximum absolute atomic E-state index is 3.59. The average molecular weight is 225 g/mol. The summed E-state index contributed by atoms with van der Waals surface area (Å²) in [6.07, 6.45) is 11.2. The molecule has 0 radical (unpaired) electrons. The van der Waals surface area contributed by atoms with Crippen molar-refractivity contribution >= 4 is 0 Å². The van der Waals surface area contributed by atoms with E-state index in [4.69, 9.17) is 0 Å². The Labute approximate surface area is 102 Å². The van der Waals surface area contributed by atoms with Gasteiger partial charge >= 0.3 is 0 Å². The van der Waals surface area contributed by atoms with Crippen molar-refractivity contribution in [1.82, 2.24) is 5.32 Å². The molecule has 1 aliphatic rings. The Balaban J connectivity index is 2.49. The molecule has 1 fully saturated rings. The molecule has 0 aromatic carbocycles. The summed E-state index contributed by atoms with van der Waals surface area (Å²) in [6.45, 7) is 7.24. The summed E-state index contributed by atoms with van der Waals surface area (Å²) in [5, 5.41) is 3.59. The summed E-state index contributed by atoms with van der Waals surface area (Å²) >= 11 is 0. The van der Waals surface area contributed by atoms with Crippen molar-refractivity contribution < 1.29 is 0 Å². The number of nitrogens with one attached hydrogen (secondary N) is 1. The van der Waals surface area contributed by atoms with E-state index in [-0.39, 0.29) is 0 Å². The molecule has 1 aliphatic carbocycles. The predicted molar refractivity (Wildman–Crippen MR) is 72.7 cm³/mol. The third-order valence-electron chi connectivity index (χ3n) is 4.57. The van der Waals surface area contributed by atoms with E-state index in [1.165, 1.54) is 51.4 Å². The van der Waals surface area contributed by atoms with Crippen molar-refractivity contribution in [3.8, 4) is 0 Å². The SMILES string of the molecule is CCCCCC(NC)C1CCCCC1(C)C. The van der Waals surface area contributed by atoms with Crippen LogP contribution >= 0.6 is 0 Å². The van der Waals surface area contributed by atoms with Gasteiger partial charge in [-0.05, 0) is 37.6 Å². The van der Waals surface area contributed by atoms with Crippen LogP contribution in [0.15, 0.2) is 0 Å². The molecule has 0 aliphatic heterocycles. The van der Waals surface area contributed by atoms with Gasteiger partial charge in [-0.2, -0.15) is 0 Å². The van der Waals surface area contributed by atoms with Crippen molar-refractivity contribution in [3.05, 3.63) is 0 Å². The molecular formula is C15H31N. The lowest BCUT2D eigenvalue weighted by Gasteiger charge is -2.43. The highest BCUT2D eigenvalue weighted by Gasteiger charge is 2.36. The summed E-state index contributed by atoms with van der Waals surface area (Å²) in [5.74, 6) is 0.892. The minimum Gasteiger partial charge on any atom is -0.317 e. The zero-order valence-corrected chi connectivity index (χ0v) is 11.8. The molecule has 0 aromatic heterocycles. The summed E-state index contributed by atoms with van der Waals surface area (Å²) in [5.41, 5.74) is 0.554. The normalized spacial score (nSPS) is 26.6. The van der Waals surface area contributed by atoms with E-state index in [1.54, 1.807) is 0 Å². The van der Waals surface area contributed by atoms with Gasteiger partial charge in [0.2, 0.25) is 0 Å². The molecule has 1 nitrogen and oxygen atoms in total. The first kappa shape index (κ1) is 14.0. The van der Waals surface area contributed by atoms with Gasteiger partial charge in [-0.15, -0.1) is 0 Å². The zero-order chi connectivity index (χ0) is 12.0. The zero-order valence-electron chi connectivity index (χ0n) is 11.8. The molecule has 2 unspecified atom stereocenters. The third-order valence-corrected chi connectivity index (χ3v) is 4.57. The molecule has 1 rings (SSSR count). The van der Waals surface area contributed by atoms with Crippen LogP contribution in [0.1, 0.15) is 72.1 Å². The van der Waals surface area contributed by atoms with Gasteiger partial charge in [0.1, 0.15) is 0 Å². The van der Waals surface area contributed by atoms with E-state index in [0.29, 0.717) is 5.41 Å². The highest BCUT2D eigenvalue weighted by Crippen LogP contribution is 2.43. The lowest BCUT2D eigenvalue weighted by Crippen LogP contribution is -2.43. The molecule has 16 heavy (non-hydrogen) atoms. The third kappa shape index (κ3) is 3.76. The summed E-state index contributed by atoms with van der Waals surface area (Å²) in [7, 11) is 2.15. The van der Waals surface area contributed by atoms with Crippen LogP contribution in [0.3, 0.4) is 0 Å². The smallest absolute Gasteiger partial charge is 0.00974 e. The molecule has 0 spiro atoms. The maximum Gasteiger partial charge on any atom is 0.00974 e. The molecule has 1 saturated carbocycles. The Bertz CT molecular complexity index is 186. The number of hydrogen-bond acceptors (Lipinski definition) is 1. The number of rotatable bonds is 6. The van der Waals surface area contributed by atoms with Crippen molar-refractivity contribution in [3.63, 3.8) is 0 Å². The van der Waals surface area contributed by atoms with Crippen molar-refractivity contribution in [2.75, 3.05) is 7.05 Å². The second-order valence-electron chi connectivity index (χ2n) is 6.23. The van der Waals surface area contributed by atoms with Gasteiger partial charge in [0, 0.05) is 6.04 Å². The van der Waals surface area contributed by atoms with E-state index in [0.717, 1.165) is 12.0 Å². The van der Waals surface area contributed by atoms with E-state index in [1.807, 2.05) is 0 Å². The van der Waals surface area contributed by atoms with Crippen molar-refractivity contribution in [2.24, 2.45) is 11.3 Å². The van der Waals surface area contributed by atoms with Crippen LogP contribution in [0.25, 0.3) is 0 Å². The maximum atomic E-state index is 3.59. The highest BCUT2D eigenvalue weighted by atomic mass is 14.9. The van der Waals surface area contributed by atoms with Crippen LogP contribution in [-0.4, -0.2) is 13.1 Å². The highest BCUT2D eigenvalue weighted by molar-refractivity contribution is 4.89. The number of unbranched alkanes of at least 4 members (excludes halogenated alkanes) is 2. The molecule has 0 bridgehead atoms. The van der Waals surface area contributed by atoms with Gasteiger partial charge in [0.25, 0.3) is 0 Å². The summed E-state index contributed by atoms with van der Waals surface area (Å²) in [6, 6.07) is 0.752. The van der Waals surface area contributed by atoms with Crippen LogP contribution in [0.2, 0.25) is 0 Å². The van der Waals surface area contributed by atoms with Crippen molar-refractivity contribution in [1.29, 1.82) is 0 Å². The Morgan fingerprint density at radius 2 is 2.00 bits per heavy atom. The predicted octanol–water partition coefficient (Wildman–Crippen LogP) is 4.37. The number of hydrogen-bond donors (Lipinski definition) is 1. The lowest BCUT2D eigenvalue weighted by atomic mass is 9.65. The Morgan fingerprint density at radius 3 is 2.56 bits per heavy atom. The average Bonchev–Trinajstić information content (AvgIpc) is 2.25. The molecule has 96 valence electrons. The molecular weight excluding hydrogens is 194 g/mol. The van der Waals surface area contributed by atoms with Crippen LogP contribution in [-0.2, 0) is 0 Å². The van der Waals surface area contributed by atoms with Crippen LogP contribution in [0.4, 0.5) is 0 Å². The van der Waals surface area contributed by atoms with E-state index in [9.17, 15) is 0 Å². The quantitative estimate of drug-likeness (QED) is 0.662. The van der Waals surface area contributed by atoms with Gasteiger partial charge in [-0.3, -0.25) is 0 Å². The second kappa shape index (κ2) is 6.64. The van der Waals surface area contributed by atoms with Crippen LogP contribution in [0, 0.1) is 11.3 Å². The minimum absolute atomic E-state index is 0.554. The fourth-order valence-corrected chi connectivity index (χ4v) is 3.43. The Kier molecular flexibility index (Phi) is 5.82. The fourth-order valence-electron chi connectivity index (χ4n) is 3.43. The monoisotopic (exact) mass is 225 g/mol. The fraction of sp³-hybridized carbons (Fsp3) is 1.00.